The van der Waals surface area contributed by atoms with Gasteiger partial charge in [-0.2, -0.15) is 0 Å². The van der Waals surface area contributed by atoms with Crippen molar-refractivity contribution in [1.82, 2.24) is 10.6 Å². The second kappa shape index (κ2) is 7.95. The Kier molecular flexibility index (Phi) is 5.65. The van der Waals surface area contributed by atoms with Gasteiger partial charge in [0.15, 0.2) is 0 Å². The van der Waals surface area contributed by atoms with Crippen LogP contribution in [0.3, 0.4) is 0 Å². The molecular formula is C19H20N2. The van der Waals surface area contributed by atoms with Gasteiger partial charge in [-0.3, -0.25) is 10.6 Å². The van der Waals surface area contributed by atoms with Gasteiger partial charge in [-0.1, -0.05) is 48.6 Å². The minimum Gasteiger partial charge on any atom is -0.262 e. The molecule has 0 N–H and O–H groups in total. The Hall–Kier alpha value is -2.48. The molecule has 106 valence electrons. The van der Waals surface area contributed by atoms with Gasteiger partial charge >= 0.3 is 0 Å². The molecule has 0 aliphatic heterocycles. The SMILES string of the molecule is C=CCc1ccccc1[N]C[N]c1ccccc1CC=C. The second-order valence-corrected chi connectivity index (χ2v) is 4.70. The summed E-state index contributed by atoms with van der Waals surface area (Å²) < 4.78 is 0. The van der Waals surface area contributed by atoms with E-state index in [2.05, 4.69) is 35.9 Å². The van der Waals surface area contributed by atoms with E-state index in [1.165, 1.54) is 11.1 Å². The molecule has 0 atom stereocenters. The van der Waals surface area contributed by atoms with Gasteiger partial charge < -0.3 is 0 Å². The van der Waals surface area contributed by atoms with Gasteiger partial charge in [-0.05, 0) is 36.1 Å². The van der Waals surface area contributed by atoms with Crippen LogP contribution in [-0.2, 0) is 12.8 Å². The van der Waals surface area contributed by atoms with Crippen molar-refractivity contribution >= 4 is 11.4 Å². The molecule has 0 unspecified atom stereocenters. The van der Waals surface area contributed by atoms with E-state index >= 15 is 0 Å². The lowest BCUT2D eigenvalue weighted by Gasteiger charge is -2.10. The summed E-state index contributed by atoms with van der Waals surface area (Å²) in [6.45, 7) is 8.00. The van der Waals surface area contributed by atoms with Crippen molar-refractivity contribution in [3.63, 3.8) is 0 Å². The fourth-order valence-corrected chi connectivity index (χ4v) is 2.17. The summed E-state index contributed by atoms with van der Waals surface area (Å²) in [7, 11) is 0. The summed E-state index contributed by atoms with van der Waals surface area (Å²) in [4.78, 5) is 0. The normalized spacial score (nSPS) is 9.90. The van der Waals surface area contributed by atoms with Crippen LogP contribution in [0.1, 0.15) is 11.1 Å². The van der Waals surface area contributed by atoms with E-state index in [-0.39, 0.29) is 0 Å². The molecule has 0 aliphatic rings. The lowest BCUT2D eigenvalue weighted by molar-refractivity contribution is 0.754. The lowest BCUT2D eigenvalue weighted by atomic mass is 10.1. The summed E-state index contributed by atoms with van der Waals surface area (Å²) in [6.07, 6.45) is 5.44. The third kappa shape index (κ3) is 4.25. The summed E-state index contributed by atoms with van der Waals surface area (Å²) in [5.74, 6) is 0. The number of hydrogen-bond acceptors (Lipinski definition) is 0. The molecule has 0 amide bonds. The highest BCUT2D eigenvalue weighted by atomic mass is 15.1. The largest absolute Gasteiger partial charge is 0.262 e. The Labute approximate surface area is 127 Å². The molecule has 0 bridgehead atoms. The maximum atomic E-state index is 4.58. The van der Waals surface area contributed by atoms with E-state index in [0.717, 1.165) is 24.2 Å². The van der Waals surface area contributed by atoms with Crippen LogP contribution in [0, 0.1) is 0 Å². The minimum absolute atomic E-state index is 0.433. The fourth-order valence-electron chi connectivity index (χ4n) is 2.17. The molecular weight excluding hydrogens is 256 g/mol. The van der Waals surface area contributed by atoms with E-state index in [4.69, 9.17) is 0 Å². The van der Waals surface area contributed by atoms with Crippen molar-refractivity contribution in [2.75, 3.05) is 6.67 Å². The minimum atomic E-state index is 0.433. The zero-order valence-corrected chi connectivity index (χ0v) is 12.2. The molecule has 0 saturated carbocycles. The van der Waals surface area contributed by atoms with Crippen LogP contribution >= 0.6 is 0 Å². The topological polar surface area (TPSA) is 28.2 Å². The summed E-state index contributed by atoms with van der Waals surface area (Å²) in [5, 5.41) is 9.16. The Balaban J connectivity index is 1.98. The Morgan fingerprint density at radius 3 is 1.57 bits per heavy atom. The first-order valence-corrected chi connectivity index (χ1v) is 7.07. The second-order valence-electron chi connectivity index (χ2n) is 4.70. The van der Waals surface area contributed by atoms with Crippen LogP contribution in [0.4, 0.5) is 11.4 Å². The fraction of sp³-hybridized carbons (Fsp3) is 0.158. The number of hydrogen-bond donors (Lipinski definition) is 0. The molecule has 0 aromatic heterocycles. The molecule has 2 aromatic carbocycles. The monoisotopic (exact) mass is 276 g/mol. The molecule has 2 aromatic rings. The van der Waals surface area contributed by atoms with Crippen molar-refractivity contribution in [3.8, 4) is 0 Å². The average molecular weight is 276 g/mol. The molecule has 0 saturated heterocycles. The summed E-state index contributed by atoms with van der Waals surface area (Å²) >= 11 is 0. The van der Waals surface area contributed by atoms with Gasteiger partial charge in [-0.15, -0.1) is 13.2 Å². The first kappa shape index (κ1) is 14.9. The zero-order chi connectivity index (χ0) is 14.9. The molecule has 2 rings (SSSR count). The number of rotatable bonds is 8. The van der Waals surface area contributed by atoms with Gasteiger partial charge in [0.05, 0.1) is 11.4 Å². The highest BCUT2D eigenvalue weighted by Gasteiger charge is 2.04. The van der Waals surface area contributed by atoms with E-state index < -0.39 is 0 Å². The predicted molar refractivity (Wildman–Crippen MR) is 89.1 cm³/mol. The van der Waals surface area contributed by atoms with Crippen LogP contribution in [0.25, 0.3) is 0 Å². The van der Waals surface area contributed by atoms with Crippen LogP contribution < -0.4 is 10.6 Å². The van der Waals surface area contributed by atoms with Crippen molar-refractivity contribution in [2.24, 2.45) is 0 Å². The first-order valence-electron chi connectivity index (χ1n) is 7.07. The van der Waals surface area contributed by atoms with Crippen LogP contribution in [0.15, 0.2) is 73.8 Å². The lowest BCUT2D eigenvalue weighted by Crippen LogP contribution is -2.12. The maximum absolute atomic E-state index is 4.58. The van der Waals surface area contributed by atoms with Gasteiger partial charge in [0.2, 0.25) is 0 Å². The third-order valence-corrected chi connectivity index (χ3v) is 3.19. The standard InChI is InChI=1S/C19H20N2/c1-3-9-16-11-5-7-13-18(16)20-15-21-19-14-8-6-12-17(19)10-4-2/h3-8,11-14H,1-2,9-10,15H2. The predicted octanol–water partition coefficient (Wildman–Crippen LogP) is 4.27. The van der Waals surface area contributed by atoms with E-state index in [9.17, 15) is 0 Å². The van der Waals surface area contributed by atoms with Crippen molar-refractivity contribution in [1.29, 1.82) is 0 Å². The number of nitrogens with zero attached hydrogens (tertiary/aromatic N) is 2. The van der Waals surface area contributed by atoms with Gasteiger partial charge in [0.25, 0.3) is 0 Å². The Morgan fingerprint density at radius 1 is 0.714 bits per heavy atom. The molecule has 2 heteroatoms. The number of allylic oxidation sites excluding steroid dienone is 2. The summed E-state index contributed by atoms with van der Waals surface area (Å²) in [6, 6.07) is 16.2. The highest BCUT2D eigenvalue weighted by Crippen LogP contribution is 2.18. The Morgan fingerprint density at radius 2 is 1.14 bits per heavy atom. The maximum Gasteiger partial charge on any atom is 0.130 e. The smallest absolute Gasteiger partial charge is 0.130 e. The number of benzene rings is 2. The van der Waals surface area contributed by atoms with Crippen LogP contribution in [0.2, 0.25) is 0 Å². The Bertz CT molecular complexity index is 549. The quantitative estimate of drug-likeness (QED) is 0.644. The summed E-state index contributed by atoms with van der Waals surface area (Å²) in [5.41, 5.74) is 4.34. The molecule has 0 heterocycles. The first-order chi connectivity index (χ1) is 10.3. The highest BCUT2D eigenvalue weighted by molar-refractivity contribution is 5.48. The van der Waals surface area contributed by atoms with Gasteiger partial charge in [-0.25, -0.2) is 0 Å². The molecule has 2 radical (unpaired) electrons. The zero-order valence-electron chi connectivity index (χ0n) is 12.2. The van der Waals surface area contributed by atoms with E-state index in [1.807, 2.05) is 48.6 Å². The molecule has 0 fully saturated rings. The van der Waals surface area contributed by atoms with Gasteiger partial charge in [0.1, 0.15) is 6.67 Å². The van der Waals surface area contributed by atoms with Gasteiger partial charge in [0, 0.05) is 0 Å². The van der Waals surface area contributed by atoms with E-state index in [1.54, 1.807) is 0 Å². The molecule has 0 spiro atoms. The van der Waals surface area contributed by atoms with Crippen molar-refractivity contribution < 1.29 is 0 Å². The van der Waals surface area contributed by atoms with Crippen molar-refractivity contribution in [3.05, 3.63) is 85.0 Å². The van der Waals surface area contributed by atoms with Crippen LogP contribution in [-0.4, -0.2) is 6.67 Å². The third-order valence-electron chi connectivity index (χ3n) is 3.19. The average Bonchev–Trinajstić information content (AvgIpc) is 2.51. The van der Waals surface area contributed by atoms with Crippen molar-refractivity contribution in [2.45, 2.75) is 12.8 Å². The van der Waals surface area contributed by atoms with Crippen LogP contribution in [0.5, 0.6) is 0 Å². The molecule has 2 nitrogen and oxygen atoms in total. The molecule has 21 heavy (non-hydrogen) atoms. The molecule has 0 aliphatic carbocycles. The van der Waals surface area contributed by atoms with E-state index in [0.29, 0.717) is 6.67 Å². The number of para-hydroxylation sites is 2.